The first kappa shape index (κ1) is 14.4. The molecule has 0 radical (unpaired) electrons. The topological polar surface area (TPSA) is 38.3 Å². The molecule has 0 bridgehead atoms. The Hall–Kier alpha value is -2.00. The molecule has 2 aromatic rings. The fourth-order valence-corrected chi connectivity index (χ4v) is 1.85. The van der Waals surface area contributed by atoms with Crippen molar-refractivity contribution in [3.05, 3.63) is 59.1 Å². The Kier molecular flexibility index (Phi) is 4.64. The minimum Gasteiger partial charge on any atom is -0.481 e. The van der Waals surface area contributed by atoms with Crippen molar-refractivity contribution in [2.45, 2.75) is 20.0 Å². The number of benzene rings is 2. The van der Waals surface area contributed by atoms with Crippen LogP contribution in [0.15, 0.2) is 48.5 Å². The number of halogens is 1. The van der Waals surface area contributed by atoms with Crippen LogP contribution in [0, 0.1) is 6.92 Å². The van der Waals surface area contributed by atoms with Gasteiger partial charge in [-0.05, 0) is 43.7 Å². The second-order valence-electron chi connectivity index (χ2n) is 4.53. The van der Waals surface area contributed by atoms with Crippen LogP contribution < -0.4 is 10.1 Å². The standard InChI is InChI=1S/C16H16ClNO2/c1-11-8-9-13(10-15(11)17)18-16(19)12(2)20-14-6-4-3-5-7-14/h3-10,12H,1-2H3,(H,18,19). The fraction of sp³-hybridized carbons (Fsp3) is 0.188. The van der Waals surface area contributed by atoms with E-state index in [4.69, 9.17) is 16.3 Å². The van der Waals surface area contributed by atoms with Gasteiger partial charge in [0, 0.05) is 10.7 Å². The summed E-state index contributed by atoms with van der Waals surface area (Å²) in [5, 5.41) is 3.41. The van der Waals surface area contributed by atoms with E-state index in [1.54, 1.807) is 13.0 Å². The average molecular weight is 290 g/mol. The van der Waals surface area contributed by atoms with Gasteiger partial charge in [0.2, 0.25) is 0 Å². The number of amides is 1. The van der Waals surface area contributed by atoms with Gasteiger partial charge in [0.1, 0.15) is 5.75 Å². The van der Waals surface area contributed by atoms with Crippen molar-refractivity contribution in [2.75, 3.05) is 5.32 Å². The van der Waals surface area contributed by atoms with Gasteiger partial charge in [-0.15, -0.1) is 0 Å². The van der Waals surface area contributed by atoms with Crippen LogP contribution >= 0.6 is 11.6 Å². The maximum Gasteiger partial charge on any atom is 0.265 e. The third-order valence-electron chi connectivity index (χ3n) is 2.86. The van der Waals surface area contributed by atoms with Gasteiger partial charge in [0.05, 0.1) is 0 Å². The maximum atomic E-state index is 12.0. The molecule has 3 nitrogen and oxygen atoms in total. The quantitative estimate of drug-likeness (QED) is 0.922. The molecule has 2 rings (SSSR count). The molecule has 20 heavy (non-hydrogen) atoms. The summed E-state index contributed by atoms with van der Waals surface area (Å²) in [7, 11) is 0. The van der Waals surface area contributed by atoms with Crippen LogP contribution in [-0.4, -0.2) is 12.0 Å². The summed E-state index contributed by atoms with van der Waals surface area (Å²) >= 11 is 6.02. The van der Waals surface area contributed by atoms with Crippen LogP contribution in [0.2, 0.25) is 5.02 Å². The normalized spacial score (nSPS) is 11.8. The summed E-state index contributed by atoms with van der Waals surface area (Å²) in [5.41, 5.74) is 1.63. The molecule has 0 fully saturated rings. The summed E-state index contributed by atoms with van der Waals surface area (Å²) < 4.78 is 5.56. The Morgan fingerprint density at radius 1 is 1.20 bits per heavy atom. The molecule has 1 amide bonds. The molecule has 4 heteroatoms. The molecule has 0 spiro atoms. The maximum absolute atomic E-state index is 12.0. The number of ether oxygens (including phenoxy) is 1. The molecule has 0 aliphatic heterocycles. The third kappa shape index (κ3) is 3.75. The number of para-hydroxylation sites is 1. The number of carbonyl (C=O) groups excluding carboxylic acids is 1. The molecular formula is C16H16ClNO2. The summed E-state index contributed by atoms with van der Waals surface area (Å²) in [6.45, 7) is 3.62. The molecular weight excluding hydrogens is 274 g/mol. The highest BCUT2D eigenvalue weighted by molar-refractivity contribution is 6.31. The highest BCUT2D eigenvalue weighted by Crippen LogP contribution is 2.20. The Morgan fingerprint density at radius 2 is 1.90 bits per heavy atom. The largest absolute Gasteiger partial charge is 0.481 e. The van der Waals surface area contributed by atoms with Crippen molar-refractivity contribution in [1.82, 2.24) is 0 Å². The Morgan fingerprint density at radius 3 is 2.55 bits per heavy atom. The second kappa shape index (κ2) is 6.44. The molecule has 1 unspecified atom stereocenters. The predicted molar refractivity (Wildman–Crippen MR) is 81.4 cm³/mol. The predicted octanol–water partition coefficient (Wildman–Crippen LogP) is 4.05. The van der Waals surface area contributed by atoms with E-state index in [9.17, 15) is 4.79 Å². The minimum atomic E-state index is -0.586. The van der Waals surface area contributed by atoms with E-state index < -0.39 is 6.10 Å². The zero-order valence-electron chi connectivity index (χ0n) is 11.4. The van der Waals surface area contributed by atoms with E-state index in [1.807, 2.05) is 49.4 Å². The van der Waals surface area contributed by atoms with Crippen LogP contribution in [-0.2, 0) is 4.79 Å². The van der Waals surface area contributed by atoms with Crippen molar-refractivity contribution < 1.29 is 9.53 Å². The van der Waals surface area contributed by atoms with E-state index in [2.05, 4.69) is 5.32 Å². The van der Waals surface area contributed by atoms with Crippen molar-refractivity contribution >= 4 is 23.2 Å². The third-order valence-corrected chi connectivity index (χ3v) is 3.27. The van der Waals surface area contributed by atoms with Crippen molar-refractivity contribution in [3.8, 4) is 5.75 Å². The zero-order chi connectivity index (χ0) is 14.5. The summed E-state index contributed by atoms with van der Waals surface area (Å²) in [5.74, 6) is 0.450. The van der Waals surface area contributed by atoms with Gasteiger partial charge >= 0.3 is 0 Å². The number of nitrogens with one attached hydrogen (secondary N) is 1. The van der Waals surface area contributed by atoms with E-state index in [0.29, 0.717) is 16.5 Å². The van der Waals surface area contributed by atoms with E-state index in [1.165, 1.54) is 0 Å². The molecule has 1 N–H and O–H groups in total. The van der Waals surface area contributed by atoms with Crippen molar-refractivity contribution in [3.63, 3.8) is 0 Å². The van der Waals surface area contributed by atoms with Gasteiger partial charge in [0.25, 0.3) is 5.91 Å². The average Bonchev–Trinajstić information content (AvgIpc) is 2.44. The number of anilines is 1. The molecule has 0 heterocycles. The number of rotatable bonds is 4. The van der Waals surface area contributed by atoms with Crippen molar-refractivity contribution in [2.24, 2.45) is 0 Å². The molecule has 104 valence electrons. The van der Waals surface area contributed by atoms with Gasteiger partial charge in [-0.3, -0.25) is 4.79 Å². The Balaban J connectivity index is 1.99. The van der Waals surface area contributed by atoms with Crippen LogP contribution in [0.1, 0.15) is 12.5 Å². The SMILES string of the molecule is Cc1ccc(NC(=O)C(C)Oc2ccccc2)cc1Cl. The van der Waals surface area contributed by atoms with E-state index in [-0.39, 0.29) is 5.91 Å². The number of aryl methyl sites for hydroxylation is 1. The first-order valence-corrected chi connectivity index (χ1v) is 6.73. The molecule has 0 aliphatic rings. The van der Waals surface area contributed by atoms with Crippen LogP contribution in [0.4, 0.5) is 5.69 Å². The smallest absolute Gasteiger partial charge is 0.265 e. The molecule has 0 saturated heterocycles. The molecule has 0 saturated carbocycles. The zero-order valence-corrected chi connectivity index (χ0v) is 12.1. The van der Waals surface area contributed by atoms with Gasteiger partial charge in [-0.2, -0.15) is 0 Å². The first-order chi connectivity index (χ1) is 9.56. The van der Waals surface area contributed by atoms with Gasteiger partial charge < -0.3 is 10.1 Å². The van der Waals surface area contributed by atoms with Crippen LogP contribution in [0.25, 0.3) is 0 Å². The van der Waals surface area contributed by atoms with Crippen LogP contribution in [0.5, 0.6) is 5.75 Å². The number of hydrogen-bond acceptors (Lipinski definition) is 2. The highest BCUT2D eigenvalue weighted by atomic mass is 35.5. The van der Waals surface area contributed by atoms with Crippen LogP contribution in [0.3, 0.4) is 0 Å². The molecule has 2 aromatic carbocycles. The first-order valence-electron chi connectivity index (χ1n) is 6.35. The van der Waals surface area contributed by atoms with Gasteiger partial charge in [-0.25, -0.2) is 0 Å². The van der Waals surface area contributed by atoms with E-state index >= 15 is 0 Å². The van der Waals surface area contributed by atoms with Crippen molar-refractivity contribution in [1.29, 1.82) is 0 Å². The fourth-order valence-electron chi connectivity index (χ4n) is 1.67. The summed E-state index contributed by atoms with van der Waals surface area (Å²) in [6.07, 6.45) is -0.586. The lowest BCUT2D eigenvalue weighted by molar-refractivity contribution is -0.122. The Labute approximate surface area is 123 Å². The number of hydrogen-bond donors (Lipinski definition) is 1. The lowest BCUT2D eigenvalue weighted by Crippen LogP contribution is -2.30. The monoisotopic (exact) mass is 289 g/mol. The minimum absolute atomic E-state index is 0.214. The Bertz CT molecular complexity index is 599. The number of carbonyl (C=O) groups is 1. The second-order valence-corrected chi connectivity index (χ2v) is 4.93. The van der Waals surface area contributed by atoms with Gasteiger partial charge in [-0.1, -0.05) is 35.9 Å². The lowest BCUT2D eigenvalue weighted by atomic mass is 10.2. The lowest BCUT2D eigenvalue weighted by Gasteiger charge is -2.15. The van der Waals surface area contributed by atoms with Gasteiger partial charge in [0.15, 0.2) is 6.10 Å². The summed E-state index contributed by atoms with van der Waals surface area (Å²) in [4.78, 5) is 12.0. The summed E-state index contributed by atoms with van der Waals surface area (Å²) in [6, 6.07) is 14.6. The molecule has 0 aliphatic carbocycles. The highest BCUT2D eigenvalue weighted by Gasteiger charge is 2.15. The molecule has 1 atom stereocenters. The van der Waals surface area contributed by atoms with E-state index in [0.717, 1.165) is 5.56 Å². The molecule has 0 aromatic heterocycles.